The van der Waals surface area contributed by atoms with Crippen LogP contribution in [0.5, 0.6) is 0 Å². The van der Waals surface area contributed by atoms with Crippen molar-refractivity contribution in [3.63, 3.8) is 0 Å². The van der Waals surface area contributed by atoms with Gasteiger partial charge < -0.3 is 4.40 Å². The van der Waals surface area contributed by atoms with E-state index in [0.717, 1.165) is 23.2 Å². The Morgan fingerprint density at radius 2 is 2.00 bits per heavy atom. The average Bonchev–Trinajstić information content (AvgIpc) is 2.84. The summed E-state index contributed by atoms with van der Waals surface area (Å²) >= 11 is 0. The van der Waals surface area contributed by atoms with Crippen molar-refractivity contribution in [2.75, 3.05) is 0 Å². The number of pyridine rings is 1. The molecule has 0 saturated heterocycles. The number of imidazole rings is 1. The number of fused-ring (bicyclic) bond motifs is 1. The van der Waals surface area contributed by atoms with E-state index < -0.39 is 0 Å². The van der Waals surface area contributed by atoms with E-state index in [4.69, 9.17) is 0 Å². The van der Waals surface area contributed by atoms with Crippen LogP contribution in [0, 0.1) is 5.82 Å². The van der Waals surface area contributed by atoms with Crippen LogP contribution < -0.4 is 0 Å². The Morgan fingerprint density at radius 1 is 1.21 bits per heavy atom. The van der Waals surface area contributed by atoms with Crippen LogP contribution in [0.3, 0.4) is 0 Å². The van der Waals surface area contributed by atoms with Crippen molar-refractivity contribution in [3.05, 3.63) is 71.6 Å². The van der Waals surface area contributed by atoms with Crippen molar-refractivity contribution < 1.29 is 9.18 Å². The van der Waals surface area contributed by atoms with Crippen LogP contribution in [-0.2, 0) is 6.42 Å². The van der Waals surface area contributed by atoms with E-state index in [0.29, 0.717) is 12.0 Å². The summed E-state index contributed by atoms with van der Waals surface area (Å²) in [6.45, 7) is 0. The molecule has 0 aliphatic carbocycles. The number of carbonyl (C=O) groups excluding carboxylic acids is 1. The highest BCUT2D eigenvalue weighted by Crippen LogP contribution is 2.14. The van der Waals surface area contributed by atoms with Crippen LogP contribution in [0.4, 0.5) is 4.39 Å². The van der Waals surface area contributed by atoms with Crippen molar-refractivity contribution in [3.8, 4) is 0 Å². The van der Waals surface area contributed by atoms with Gasteiger partial charge in [0.2, 0.25) is 0 Å². The summed E-state index contributed by atoms with van der Waals surface area (Å²) in [7, 11) is 0. The molecule has 0 amide bonds. The summed E-state index contributed by atoms with van der Waals surface area (Å²) < 4.78 is 14.7. The summed E-state index contributed by atoms with van der Waals surface area (Å²) in [6.07, 6.45) is 4.96. The molecule has 1 aromatic carbocycles. The third kappa shape index (κ3) is 2.12. The Balaban J connectivity index is 2.02. The van der Waals surface area contributed by atoms with Gasteiger partial charge in [0, 0.05) is 18.2 Å². The molecule has 2 aromatic heterocycles. The summed E-state index contributed by atoms with van der Waals surface area (Å²) in [6, 6.07) is 9.90. The van der Waals surface area contributed by atoms with Crippen molar-refractivity contribution in [1.82, 2.24) is 9.38 Å². The molecule has 94 valence electrons. The van der Waals surface area contributed by atoms with Gasteiger partial charge >= 0.3 is 0 Å². The number of halogens is 1. The van der Waals surface area contributed by atoms with Crippen molar-refractivity contribution in [2.24, 2.45) is 0 Å². The molecule has 0 unspecified atom stereocenters. The van der Waals surface area contributed by atoms with Gasteiger partial charge in [-0.2, -0.15) is 0 Å². The van der Waals surface area contributed by atoms with E-state index >= 15 is 0 Å². The Morgan fingerprint density at radius 3 is 2.74 bits per heavy atom. The second-order valence-electron chi connectivity index (χ2n) is 4.31. The fraction of sp³-hybridized carbons (Fsp3) is 0.0667. The van der Waals surface area contributed by atoms with Crippen LogP contribution in [0.25, 0.3) is 5.52 Å². The van der Waals surface area contributed by atoms with Gasteiger partial charge in [-0.25, -0.2) is 9.37 Å². The minimum atomic E-state index is -0.250. The third-order valence-electron chi connectivity index (χ3n) is 3.08. The van der Waals surface area contributed by atoms with E-state index in [1.165, 1.54) is 12.1 Å². The topological polar surface area (TPSA) is 34.4 Å². The summed E-state index contributed by atoms with van der Waals surface area (Å²) in [4.78, 5) is 15.3. The molecule has 0 aliphatic heterocycles. The second-order valence-corrected chi connectivity index (χ2v) is 4.31. The maximum absolute atomic E-state index is 12.9. The molecule has 4 heteroatoms. The standard InChI is InChI=1S/C15H11FN2O/c16-13-5-3-11(4-6-13)8-15-17-9-14-12(10-19)2-1-7-18(14)15/h1-7,9-10H,8H2. The minimum absolute atomic E-state index is 0.250. The molecular weight excluding hydrogens is 243 g/mol. The number of hydrogen-bond acceptors (Lipinski definition) is 2. The van der Waals surface area contributed by atoms with Crippen LogP contribution >= 0.6 is 0 Å². The first-order valence-electron chi connectivity index (χ1n) is 5.92. The second kappa shape index (κ2) is 4.65. The predicted molar refractivity (Wildman–Crippen MR) is 69.8 cm³/mol. The van der Waals surface area contributed by atoms with Gasteiger partial charge in [-0.3, -0.25) is 4.79 Å². The molecule has 0 saturated carbocycles. The molecule has 3 nitrogen and oxygen atoms in total. The lowest BCUT2D eigenvalue weighted by molar-refractivity contribution is 0.112. The van der Waals surface area contributed by atoms with Crippen LogP contribution in [0.1, 0.15) is 21.7 Å². The zero-order valence-corrected chi connectivity index (χ0v) is 10.1. The first-order chi connectivity index (χ1) is 9.28. The molecule has 3 rings (SSSR count). The molecule has 0 atom stereocenters. The van der Waals surface area contributed by atoms with E-state index in [-0.39, 0.29) is 5.82 Å². The van der Waals surface area contributed by atoms with E-state index in [1.807, 2.05) is 16.7 Å². The van der Waals surface area contributed by atoms with E-state index in [2.05, 4.69) is 4.98 Å². The Kier molecular flexibility index (Phi) is 2.83. The highest BCUT2D eigenvalue weighted by Gasteiger charge is 2.07. The lowest BCUT2D eigenvalue weighted by Crippen LogP contribution is -1.97. The van der Waals surface area contributed by atoms with Crippen molar-refractivity contribution in [2.45, 2.75) is 6.42 Å². The van der Waals surface area contributed by atoms with Gasteiger partial charge in [0.05, 0.1) is 11.7 Å². The van der Waals surface area contributed by atoms with Gasteiger partial charge in [-0.05, 0) is 29.8 Å². The molecule has 0 bridgehead atoms. The lowest BCUT2D eigenvalue weighted by atomic mass is 10.1. The lowest BCUT2D eigenvalue weighted by Gasteiger charge is -2.02. The summed E-state index contributed by atoms with van der Waals surface area (Å²) in [5, 5.41) is 0. The van der Waals surface area contributed by atoms with Crippen LogP contribution in [-0.4, -0.2) is 15.7 Å². The number of hydrogen-bond donors (Lipinski definition) is 0. The highest BCUT2D eigenvalue weighted by atomic mass is 19.1. The van der Waals surface area contributed by atoms with Gasteiger partial charge in [0.25, 0.3) is 0 Å². The van der Waals surface area contributed by atoms with E-state index in [1.54, 1.807) is 24.4 Å². The molecule has 19 heavy (non-hydrogen) atoms. The maximum Gasteiger partial charge on any atom is 0.152 e. The number of rotatable bonds is 3. The van der Waals surface area contributed by atoms with Crippen molar-refractivity contribution >= 4 is 11.8 Å². The largest absolute Gasteiger partial charge is 0.303 e. The quantitative estimate of drug-likeness (QED) is 0.673. The summed E-state index contributed by atoms with van der Waals surface area (Å²) in [5.74, 6) is 0.574. The fourth-order valence-corrected chi connectivity index (χ4v) is 2.11. The van der Waals surface area contributed by atoms with Gasteiger partial charge in [0.15, 0.2) is 6.29 Å². The third-order valence-corrected chi connectivity index (χ3v) is 3.08. The van der Waals surface area contributed by atoms with E-state index in [9.17, 15) is 9.18 Å². The zero-order chi connectivity index (χ0) is 13.2. The maximum atomic E-state index is 12.9. The van der Waals surface area contributed by atoms with Gasteiger partial charge in [-0.1, -0.05) is 12.1 Å². The molecular formula is C15H11FN2O. The number of aldehydes is 1. The normalized spacial score (nSPS) is 10.8. The SMILES string of the molecule is O=Cc1cccn2c(Cc3ccc(F)cc3)ncc12. The Bertz CT molecular complexity index is 731. The number of aromatic nitrogens is 2. The minimum Gasteiger partial charge on any atom is -0.303 e. The number of nitrogens with zero attached hydrogens (tertiary/aromatic N) is 2. The number of carbonyl (C=O) groups is 1. The predicted octanol–water partition coefficient (Wildman–Crippen LogP) is 2.88. The van der Waals surface area contributed by atoms with Crippen molar-refractivity contribution in [1.29, 1.82) is 0 Å². The smallest absolute Gasteiger partial charge is 0.152 e. The molecule has 2 heterocycles. The van der Waals surface area contributed by atoms with Gasteiger partial charge in [0.1, 0.15) is 11.6 Å². The first kappa shape index (κ1) is 11.6. The summed E-state index contributed by atoms with van der Waals surface area (Å²) in [5.41, 5.74) is 2.38. The zero-order valence-electron chi connectivity index (χ0n) is 10.1. The monoisotopic (exact) mass is 254 g/mol. The molecule has 0 fully saturated rings. The Labute approximate surface area is 109 Å². The highest BCUT2D eigenvalue weighted by molar-refractivity contribution is 5.85. The molecule has 3 aromatic rings. The van der Waals surface area contributed by atoms with Crippen LogP contribution in [0.2, 0.25) is 0 Å². The Hall–Kier alpha value is -2.49. The number of benzene rings is 1. The molecule has 0 spiro atoms. The first-order valence-corrected chi connectivity index (χ1v) is 5.92. The molecule has 0 N–H and O–H groups in total. The van der Waals surface area contributed by atoms with Gasteiger partial charge in [-0.15, -0.1) is 0 Å². The molecule has 0 radical (unpaired) electrons. The van der Waals surface area contributed by atoms with Crippen LogP contribution in [0.15, 0.2) is 48.8 Å². The molecule has 0 aliphatic rings. The average molecular weight is 254 g/mol. The fourth-order valence-electron chi connectivity index (χ4n) is 2.11.